The lowest BCUT2D eigenvalue weighted by Gasteiger charge is -2.09. The maximum Gasteiger partial charge on any atom is 0.159 e. The summed E-state index contributed by atoms with van der Waals surface area (Å²) in [5, 5.41) is 0. The van der Waals surface area contributed by atoms with Gasteiger partial charge in [0.2, 0.25) is 0 Å². The zero-order valence-electron chi connectivity index (χ0n) is 34.4. The van der Waals surface area contributed by atoms with Crippen molar-refractivity contribution in [2.45, 2.75) is 51.3 Å². The third kappa shape index (κ3) is 15.1. The molecule has 0 saturated carbocycles. The van der Waals surface area contributed by atoms with Crippen LogP contribution in [0.25, 0.3) is 0 Å². The van der Waals surface area contributed by atoms with Gasteiger partial charge in [0.25, 0.3) is 0 Å². The van der Waals surface area contributed by atoms with Crippen LogP contribution in [0.3, 0.4) is 0 Å². The Labute approximate surface area is 354 Å². The molecule has 9 nitrogen and oxygen atoms in total. The molecule has 0 heterocycles. The van der Waals surface area contributed by atoms with Gasteiger partial charge in [0.15, 0.2) is 34.7 Å². The van der Waals surface area contributed by atoms with E-state index in [9.17, 15) is 28.8 Å². The summed E-state index contributed by atoms with van der Waals surface area (Å²) in [5.41, 5.74) is 4.06. The summed E-state index contributed by atoms with van der Waals surface area (Å²) in [6.07, 6.45) is 0. The number of benzene rings is 6. The Kier molecular flexibility index (Phi) is 17.5. The van der Waals surface area contributed by atoms with Crippen molar-refractivity contribution in [3.05, 3.63) is 179 Å². The zero-order valence-corrected chi connectivity index (χ0v) is 35.2. The molecule has 306 valence electrons. The number of ketones is 6. The molecule has 0 aliphatic carbocycles. The highest BCUT2D eigenvalue weighted by atomic mass is 32.2. The predicted octanol–water partition coefficient (Wildman–Crippen LogP) is 11.7. The predicted molar refractivity (Wildman–Crippen MR) is 234 cm³/mol. The van der Waals surface area contributed by atoms with Crippen LogP contribution in [0, 0.1) is 0 Å². The average Bonchev–Trinajstić information content (AvgIpc) is 3.24. The Morgan fingerprint density at radius 3 is 0.733 bits per heavy atom. The molecule has 0 aliphatic heterocycles. The Hall–Kier alpha value is -6.91. The summed E-state index contributed by atoms with van der Waals surface area (Å²) in [6.45, 7) is 10.0. The van der Waals surface area contributed by atoms with Gasteiger partial charge in [0.05, 0.1) is 0 Å². The molecule has 6 aromatic carbocycles. The van der Waals surface area contributed by atoms with E-state index in [1.807, 2.05) is 48.5 Å². The Morgan fingerprint density at radius 2 is 0.517 bits per heavy atom. The van der Waals surface area contributed by atoms with E-state index in [1.165, 1.54) is 27.7 Å². The van der Waals surface area contributed by atoms with Crippen molar-refractivity contribution in [2.75, 3.05) is 13.2 Å². The molecule has 0 bridgehead atoms. The second-order valence-corrected chi connectivity index (χ2v) is 14.5. The van der Waals surface area contributed by atoms with E-state index in [1.54, 1.807) is 123 Å². The van der Waals surface area contributed by atoms with E-state index in [0.717, 1.165) is 20.9 Å². The van der Waals surface area contributed by atoms with E-state index in [4.69, 9.17) is 14.2 Å². The lowest BCUT2D eigenvalue weighted by atomic mass is 10.1. The second kappa shape index (κ2) is 22.9. The minimum absolute atomic E-state index is 0.0253. The fourth-order valence-corrected chi connectivity index (χ4v) is 6.01. The summed E-state index contributed by atoms with van der Waals surface area (Å²) in [6, 6.07) is 42.9. The first-order valence-corrected chi connectivity index (χ1v) is 19.8. The number of Topliss-reactive ketones (excluding diaryl/α,β-unsaturated/α-hetero) is 6. The normalized spacial score (nSPS) is 10.1. The molecular weight excluding hydrogens is 777 g/mol. The molecule has 0 fully saturated rings. The van der Waals surface area contributed by atoms with Crippen LogP contribution in [0.2, 0.25) is 0 Å². The summed E-state index contributed by atoms with van der Waals surface area (Å²) < 4.78 is 16.7. The SMILES string of the molecule is CC(=O)c1ccc(OCCOc2ccc(C(C)=O)cc2)cc1.CC(=O)c1ccc(Oc2ccc(C(C)=O)cc2)cc1.CC(=O)c1ccc(Sc2ccc(C(C)=O)cc2)cc1. The molecule has 0 radical (unpaired) electrons. The van der Waals surface area contributed by atoms with Crippen molar-refractivity contribution in [1.29, 1.82) is 0 Å². The molecule has 6 rings (SSSR count). The summed E-state index contributed by atoms with van der Waals surface area (Å²) in [7, 11) is 0. The highest BCUT2D eigenvalue weighted by molar-refractivity contribution is 7.99. The van der Waals surface area contributed by atoms with Crippen LogP contribution in [-0.2, 0) is 0 Å². The van der Waals surface area contributed by atoms with Crippen LogP contribution in [-0.4, -0.2) is 47.9 Å². The number of ether oxygens (including phenoxy) is 3. The lowest BCUT2D eigenvalue weighted by Crippen LogP contribution is -2.09. The summed E-state index contributed by atoms with van der Waals surface area (Å²) in [4.78, 5) is 69.1. The fourth-order valence-electron chi connectivity index (χ4n) is 5.19. The molecular formula is C50H46O9S. The van der Waals surface area contributed by atoms with Gasteiger partial charge in [0.1, 0.15) is 36.2 Å². The van der Waals surface area contributed by atoms with Gasteiger partial charge in [-0.1, -0.05) is 36.0 Å². The third-order valence-electron chi connectivity index (χ3n) is 8.66. The highest BCUT2D eigenvalue weighted by Crippen LogP contribution is 2.28. The Balaban J connectivity index is 0.000000199. The van der Waals surface area contributed by atoms with Crippen LogP contribution in [0.4, 0.5) is 0 Å². The maximum absolute atomic E-state index is 11.2. The second-order valence-electron chi connectivity index (χ2n) is 13.4. The number of carbonyl (C=O) groups is 6. The number of carbonyl (C=O) groups excluding carboxylic acids is 6. The van der Waals surface area contributed by atoms with Gasteiger partial charge >= 0.3 is 0 Å². The number of rotatable bonds is 15. The quantitative estimate of drug-likeness (QED) is 0.0728. The van der Waals surface area contributed by atoms with Crippen molar-refractivity contribution in [3.63, 3.8) is 0 Å². The first-order valence-electron chi connectivity index (χ1n) is 19.0. The highest BCUT2D eigenvalue weighted by Gasteiger charge is 2.06. The smallest absolute Gasteiger partial charge is 0.159 e. The van der Waals surface area contributed by atoms with Crippen molar-refractivity contribution < 1.29 is 43.0 Å². The Bertz CT molecular complexity index is 2100. The molecule has 0 spiro atoms. The van der Waals surface area contributed by atoms with Crippen LogP contribution in [0.5, 0.6) is 23.0 Å². The molecule has 60 heavy (non-hydrogen) atoms. The van der Waals surface area contributed by atoms with Gasteiger partial charge in [-0.05, 0) is 163 Å². The van der Waals surface area contributed by atoms with Crippen molar-refractivity contribution in [3.8, 4) is 23.0 Å². The summed E-state index contributed by atoms with van der Waals surface area (Å²) >= 11 is 1.61. The van der Waals surface area contributed by atoms with Crippen molar-refractivity contribution >= 4 is 46.5 Å². The van der Waals surface area contributed by atoms with E-state index in [2.05, 4.69) is 0 Å². The molecule has 0 aliphatic rings. The fraction of sp³-hybridized carbons (Fsp3) is 0.160. The van der Waals surface area contributed by atoms with Gasteiger partial charge in [-0.25, -0.2) is 0 Å². The molecule has 6 aromatic rings. The molecule has 0 atom stereocenters. The topological polar surface area (TPSA) is 130 Å². The largest absolute Gasteiger partial charge is 0.490 e. The molecule has 10 heteroatoms. The van der Waals surface area contributed by atoms with Crippen LogP contribution in [0.1, 0.15) is 104 Å². The van der Waals surface area contributed by atoms with E-state index in [0.29, 0.717) is 58.5 Å². The minimum Gasteiger partial charge on any atom is -0.490 e. The molecule has 0 N–H and O–H groups in total. The number of hydrogen-bond donors (Lipinski definition) is 0. The van der Waals surface area contributed by atoms with E-state index >= 15 is 0 Å². The Morgan fingerprint density at radius 1 is 0.317 bits per heavy atom. The van der Waals surface area contributed by atoms with Crippen LogP contribution < -0.4 is 14.2 Å². The first kappa shape index (κ1) is 45.8. The molecule has 0 unspecified atom stereocenters. The number of hydrogen-bond acceptors (Lipinski definition) is 10. The van der Waals surface area contributed by atoms with Crippen molar-refractivity contribution in [2.24, 2.45) is 0 Å². The van der Waals surface area contributed by atoms with E-state index < -0.39 is 0 Å². The average molecular weight is 823 g/mol. The lowest BCUT2D eigenvalue weighted by molar-refractivity contribution is 0.100. The third-order valence-corrected chi connectivity index (χ3v) is 9.67. The van der Waals surface area contributed by atoms with Crippen LogP contribution in [0.15, 0.2) is 155 Å². The maximum atomic E-state index is 11.2. The molecule has 0 amide bonds. The van der Waals surface area contributed by atoms with Gasteiger partial charge in [-0.3, -0.25) is 28.8 Å². The first-order chi connectivity index (χ1) is 28.7. The molecule has 0 saturated heterocycles. The summed E-state index contributed by atoms with van der Waals surface area (Å²) in [5.74, 6) is 2.95. The van der Waals surface area contributed by atoms with Gasteiger partial charge < -0.3 is 14.2 Å². The molecule has 0 aromatic heterocycles. The van der Waals surface area contributed by atoms with Crippen molar-refractivity contribution in [1.82, 2.24) is 0 Å². The van der Waals surface area contributed by atoms with E-state index in [-0.39, 0.29) is 34.7 Å². The standard InChI is InChI=1S/C18H18O4.C16H14O3.C16H14O2S/c1-13(19)15-3-7-17(8-4-15)21-11-12-22-18-9-5-16(6-10-18)14(2)20;2*1-11(17)13-3-7-15(8-4-13)19-16-9-5-14(6-10-16)12(2)18/h3-10H,11-12H2,1-2H3;2*3-10H,1-2H3. The minimum atomic E-state index is 0.0253. The van der Waals surface area contributed by atoms with Gasteiger partial charge in [-0.15, -0.1) is 0 Å². The van der Waals surface area contributed by atoms with Gasteiger partial charge in [-0.2, -0.15) is 0 Å². The zero-order chi connectivity index (χ0) is 43.6. The van der Waals surface area contributed by atoms with Gasteiger partial charge in [0, 0.05) is 43.2 Å². The van der Waals surface area contributed by atoms with Crippen LogP contribution >= 0.6 is 11.8 Å². The monoisotopic (exact) mass is 822 g/mol.